The van der Waals surface area contributed by atoms with Crippen LogP contribution in [0.4, 0.5) is 0 Å². The van der Waals surface area contributed by atoms with Crippen LogP contribution in [0.3, 0.4) is 0 Å². The summed E-state index contributed by atoms with van der Waals surface area (Å²) in [6.07, 6.45) is -0.118. The van der Waals surface area contributed by atoms with E-state index in [1.165, 1.54) is 10.4 Å². The maximum Gasteiger partial charge on any atom is 0.314 e. The maximum absolute atomic E-state index is 12.8. The number of cyclic esters (lactones) is 1. The van der Waals surface area contributed by atoms with Gasteiger partial charge in [-0.15, -0.1) is 0 Å². The fraction of sp³-hybridized carbons (Fsp3) is 0.424. The first kappa shape index (κ1) is 28.3. The Balaban J connectivity index is 1.52. The molecule has 5 heteroatoms. The molecule has 0 N–H and O–H groups in total. The van der Waals surface area contributed by atoms with E-state index in [0.717, 1.165) is 11.1 Å². The van der Waals surface area contributed by atoms with Gasteiger partial charge in [-0.25, -0.2) is 0 Å². The zero-order chi connectivity index (χ0) is 27.6. The second-order valence-electron chi connectivity index (χ2n) is 12.6. The molecule has 202 valence electrons. The van der Waals surface area contributed by atoms with Gasteiger partial charge >= 0.3 is 5.97 Å². The highest BCUT2D eigenvalue weighted by atomic mass is 28.4. The van der Waals surface area contributed by atoms with Crippen LogP contribution in [0.5, 0.6) is 0 Å². The molecule has 4 rings (SSSR count). The number of carbonyl (C=O) groups is 1. The lowest BCUT2D eigenvalue weighted by atomic mass is 9.90. The van der Waals surface area contributed by atoms with Gasteiger partial charge in [0.15, 0.2) is 0 Å². The number of carbonyl (C=O) groups excluding carboxylic acids is 1. The Morgan fingerprint density at radius 1 is 0.763 bits per heavy atom. The summed E-state index contributed by atoms with van der Waals surface area (Å²) in [5.74, 6) is -0.490. The molecule has 0 aliphatic carbocycles. The van der Waals surface area contributed by atoms with Gasteiger partial charge in [-0.1, -0.05) is 126 Å². The van der Waals surface area contributed by atoms with Crippen molar-refractivity contribution >= 4 is 24.7 Å². The van der Waals surface area contributed by atoms with Crippen molar-refractivity contribution in [1.82, 2.24) is 0 Å². The number of ether oxygens (including phenoxy) is 2. The van der Waals surface area contributed by atoms with Gasteiger partial charge in [0.1, 0.15) is 0 Å². The van der Waals surface area contributed by atoms with Crippen LogP contribution in [-0.4, -0.2) is 26.7 Å². The molecule has 0 unspecified atom stereocenters. The minimum absolute atomic E-state index is 0.0714. The Hall–Kier alpha value is -2.73. The van der Waals surface area contributed by atoms with Crippen molar-refractivity contribution in [1.29, 1.82) is 0 Å². The predicted octanol–water partition coefficient (Wildman–Crippen LogP) is 6.26. The van der Waals surface area contributed by atoms with Gasteiger partial charge in [0.25, 0.3) is 8.32 Å². The van der Waals surface area contributed by atoms with Crippen molar-refractivity contribution in [3.05, 3.63) is 96.1 Å². The molecule has 0 bridgehead atoms. The summed E-state index contributed by atoms with van der Waals surface area (Å²) in [6, 6.07) is 29.8. The van der Waals surface area contributed by atoms with E-state index in [0.29, 0.717) is 13.0 Å². The van der Waals surface area contributed by atoms with Gasteiger partial charge in [-0.2, -0.15) is 0 Å². The topological polar surface area (TPSA) is 44.8 Å². The zero-order valence-electron chi connectivity index (χ0n) is 23.9. The Kier molecular flexibility index (Phi) is 8.31. The quantitative estimate of drug-likeness (QED) is 0.267. The van der Waals surface area contributed by atoms with E-state index < -0.39 is 14.6 Å². The highest BCUT2D eigenvalue weighted by Crippen LogP contribution is 2.37. The summed E-state index contributed by atoms with van der Waals surface area (Å²) in [4.78, 5) is 12.8. The van der Waals surface area contributed by atoms with Crippen LogP contribution in [-0.2, 0) is 31.7 Å². The first-order valence-electron chi connectivity index (χ1n) is 13.6. The summed E-state index contributed by atoms with van der Waals surface area (Å²) < 4.78 is 18.8. The second-order valence-corrected chi connectivity index (χ2v) is 16.9. The normalized spacial score (nSPS) is 20.7. The maximum atomic E-state index is 12.8. The Morgan fingerprint density at radius 3 is 1.71 bits per heavy atom. The third-order valence-electron chi connectivity index (χ3n) is 7.49. The molecule has 3 atom stereocenters. The molecule has 1 aliphatic heterocycles. The third-order valence-corrected chi connectivity index (χ3v) is 12.5. The Bertz CT molecular complexity index is 1150. The number of benzene rings is 3. The van der Waals surface area contributed by atoms with Crippen molar-refractivity contribution in [2.45, 2.75) is 78.9 Å². The van der Waals surface area contributed by atoms with E-state index in [4.69, 9.17) is 13.9 Å². The van der Waals surface area contributed by atoms with Gasteiger partial charge in [0.2, 0.25) is 6.29 Å². The van der Waals surface area contributed by atoms with Crippen molar-refractivity contribution < 1.29 is 18.7 Å². The van der Waals surface area contributed by atoms with Gasteiger partial charge < -0.3 is 13.9 Å². The van der Waals surface area contributed by atoms with Crippen LogP contribution in [0.15, 0.2) is 84.9 Å². The minimum atomic E-state index is -2.60. The lowest BCUT2D eigenvalue weighted by molar-refractivity contribution is -0.253. The fourth-order valence-electron chi connectivity index (χ4n) is 5.31. The van der Waals surface area contributed by atoms with Crippen LogP contribution >= 0.6 is 0 Å². The molecule has 0 spiro atoms. The van der Waals surface area contributed by atoms with Gasteiger partial charge in [-0.3, -0.25) is 4.79 Å². The summed E-state index contributed by atoms with van der Waals surface area (Å²) in [5.41, 5.74) is 1.96. The smallest absolute Gasteiger partial charge is 0.314 e. The standard InChI is InChI=1S/C33H42O4Si/c1-24-29(30(34)37-31(36-24)32(2,3)4)22-25-18-20-26(21-19-25)23-35-38(33(5,6)7,27-14-10-8-11-15-27)28-16-12-9-13-17-28/h8-21,24,29,31H,22-23H2,1-7H3/t24-,29-,31-/m1/s1. The van der Waals surface area contributed by atoms with Gasteiger partial charge in [-0.05, 0) is 39.9 Å². The zero-order valence-corrected chi connectivity index (χ0v) is 24.9. The van der Waals surface area contributed by atoms with E-state index in [2.05, 4.69) is 106 Å². The van der Waals surface area contributed by atoms with Crippen molar-refractivity contribution in [2.24, 2.45) is 11.3 Å². The molecule has 0 amide bonds. The monoisotopic (exact) mass is 530 g/mol. The second kappa shape index (κ2) is 11.2. The summed E-state index contributed by atoms with van der Waals surface area (Å²) in [7, 11) is -2.60. The third kappa shape index (κ3) is 5.95. The van der Waals surface area contributed by atoms with E-state index in [1.807, 2.05) is 27.7 Å². The largest absolute Gasteiger partial charge is 0.435 e. The molecule has 38 heavy (non-hydrogen) atoms. The first-order chi connectivity index (χ1) is 17.9. The van der Waals surface area contributed by atoms with E-state index >= 15 is 0 Å². The molecule has 4 nitrogen and oxygen atoms in total. The molecule has 0 aromatic heterocycles. The van der Waals surface area contributed by atoms with E-state index in [-0.39, 0.29) is 28.4 Å². The molecule has 0 radical (unpaired) electrons. The molecule has 0 saturated carbocycles. The molecule has 1 heterocycles. The van der Waals surface area contributed by atoms with Crippen LogP contribution < -0.4 is 10.4 Å². The van der Waals surface area contributed by atoms with Gasteiger partial charge in [0, 0.05) is 5.41 Å². The minimum Gasteiger partial charge on any atom is -0.435 e. The average molecular weight is 531 g/mol. The number of hydrogen-bond donors (Lipinski definition) is 0. The Labute approximate surface area is 229 Å². The summed E-state index contributed by atoms with van der Waals surface area (Å²) >= 11 is 0. The number of esters is 1. The Morgan fingerprint density at radius 2 is 1.26 bits per heavy atom. The molecule has 1 fully saturated rings. The lowest BCUT2D eigenvalue weighted by Gasteiger charge is -2.43. The molecular formula is C33H42O4Si. The molecule has 3 aromatic rings. The van der Waals surface area contributed by atoms with E-state index in [1.54, 1.807) is 0 Å². The first-order valence-corrected chi connectivity index (χ1v) is 15.5. The van der Waals surface area contributed by atoms with Crippen molar-refractivity contribution in [3.8, 4) is 0 Å². The molecule has 1 saturated heterocycles. The highest BCUT2D eigenvalue weighted by Gasteiger charge is 2.50. The molecule has 3 aromatic carbocycles. The molecular weight excluding hydrogens is 488 g/mol. The average Bonchev–Trinajstić information content (AvgIpc) is 2.87. The number of hydrogen-bond acceptors (Lipinski definition) is 4. The van der Waals surface area contributed by atoms with Crippen LogP contribution in [0.2, 0.25) is 5.04 Å². The van der Waals surface area contributed by atoms with Crippen LogP contribution in [0.25, 0.3) is 0 Å². The fourth-order valence-corrected chi connectivity index (χ4v) is 9.85. The summed E-state index contributed by atoms with van der Waals surface area (Å²) in [5, 5.41) is 2.47. The number of rotatable bonds is 7. The molecule has 1 aliphatic rings. The van der Waals surface area contributed by atoms with Crippen molar-refractivity contribution in [3.63, 3.8) is 0 Å². The lowest BCUT2D eigenvalue weighted by Crippen LogP contribution is -2.66. The predicted molar refractivity (Wildman–Crippen MR) is 156 cm³/mol. The van der Waals surface area contributed by atoms with Crippen LogP contribution in [0, 0.1) is 11.3 Å². The summed E-state index contributed by atoms with van der Waals surface area (Å²) in [6.45, 7) is 15.4. The highest BCUT2D eigenvalue weighted by molar-refractivity contribution is 6.99. The van der Waals surface area contributed by atoms with Gasteiger partial charge in [0.05, 0.1) is 18.6 Å². The SMILES string of the molecule is C[C@H]1O[C@@H](C(C)(C)C)OC(=O)[C@@H]1Cc1ccc(CO[Si](c2ccccc2)(c2ccccc2)C(C)(C)C)cc1. The van der Waals surface area contributed by atoms with Crippen LogP contribution in [0.1, 0.15) is 59.6 Å². The van der Waals surface area contributed by atoms with Crippen molar-refractivity contribution in [2.75, 3.05) is 0 Å². The van der Waals surface area contributed by atoms with E-state index in [9.17, 15) is 4.79 Å².